The van der Waals surface area contributed by atoms with Crippen molar-refractivity contribution in [2.75, 3.05) is 6.54 Å². The Labute approximate surface area is 126 Å². The second-order valence-electron chi connectivity index (χ2n) is 5.51. The third-order valence-corrected chi connectivity index (χ3v) is 4.41. The summed E-state index contributed by atoms with van der Waals surface area (Å²) in [6.07, 6.45) is 4.17. The van der Waals surface area contributed by atoms with Gasteiger partial charge in [-0.3, -0.25) is 4.98 Å². The van der Waals surface area contributed by atoms with E-state index in [2.05, 4.69) is 55.3 Å². The number of benzene rings is 1. The lowest BCUT2D eigenvalue weighted by atomic mass is 9.99. The van der Waals surface area contributed by atoms with Crippen LogP contribution in [-0.4, -0.2) is 11.5 Å². The van der Waals surface area contributed by atoms with Gasteiger partial charge in [0.1, 0.15) is 0 Å². The van der Waals surface area contributed by atoms with Gasteiger partial charge in [-0.2, -0.15) is 0 Å². The number of hydrogen-bond donors (Lipinski definition) is 1. The smallest absolute Gasteiger partial charge is 0.0794 e. The highest BCUT2D eigenvalue weighted by atomic mass is 32.1. The summed E-state index contributed by atoms with van der Waals surface area (Å²) in [5, 5.41) is 3.63. The summed E-state index contributed by atoms with van der Waals surface area (Å²) < 4.78 is 0. The number of nitrogens with one attached hydrogen (secondary N) is 1. The summed E-state index contributed by atoms with van der Waals surface area (Å²) in [5.41, 5.74) is 4.71. The predicted molar refractivity (Wildman–Crippen MR) is 87.4 cm³/mol. The molecular formula is C17H24N2S. The predicted octanol–water partition coefficient (Wildman–Crippen LogP) is 4.55. The maximum absolute atomic E-state index is 4.21. The van der Waals surface area contributed by atoms with E-state index >= 15 is 0 Å². The molecule has 0 spiro atoms. The van der Waals surface area contributed by atoms with Crippen molar-refractivity contribution in [3.63, 3.8) is 0 Å². The van der Waals surface area contributed by atoms with Crippen LogP contribution in [0.2, 0.25) is 0 Å². The number of rotatable bonds is 7. The first-order valence-electron chi connectivity index (χ1n) is 7.41. The second-order valence-corrected chi connectivity index (χ2v) is 6.43. The standard InChI is InChI=1S/C17H24N2S/c1-4-9-19-16(17-11-18-12-20-17)10-14-5-7-15(8-6-14)13(2)3/h5-8,11-13,16,19H,4,9-10H2,1-3H3. The van der Waals surface area contributed by atoms with Gasteiger partial charge >= 0.3 is 0 Å². The van der Waals surface area contributed by atoms with E-state index in [0.717, 1.165) is 19.4 Å². The summed E-state index contributed by atoms with van der Waals surface area (Å²) >= 11 is 1.74. The summed E-state index contributed by atoms with van der Waals surface area (Å²) in [5.74, 6) is 0.597. The lowest BCUT2D eigenvalue weighted by Gasteiger charge is -2.17. The largest absolute Gasteiger partial charge is 0.309 e. The van der Waals surface area contributed by atoms with Gasteiger partial charge in [-0.15, -0.1) is 11.3 Å². The molecule has 2 aromatic rings. The van der Waals surface area contributed by atoms with Crippen LogP contribution in [0.4, 0.5) is 0 Å². The minimum absolute atomic E-state index is 0.382. The maximum atomic E-state index is 4.21. The van der Waals surface area contributed by atoms with Gasteiger partial charge in [-0.05, 0) is 36.4 Å². The van der Waals surface area contributed by atoms with Crippen LogP contribution < -0.4 is 5.32 Å². The fourth-order valence-corrected chi connectivity index (χ4v) is 2.96. The quantitative estimate of drug-likeness (QED) is 0.808. The van der Waals surface area contributed by atoms with Crippen LogP contribution in [-0.2, 0) is 6.42 Å². The van der Waals surface area contributed by atoms with Crippen molar-refractivity contribution < 1.29 is 0 Å². The summed E-state index contributed by atoms with van der Waals surface area (Å²) in [7, 11) is 0. The third kappa shape index (κ3) is 4.15. The Morgan fingerprint density at radius 3 is 2.50 bits per heavy atom. The van der Waals surface area contributed by atoms with Crippen molar-refractivity contribution >= 4 is 11.3 Å². The SMILES string of the molecule is CCCNC(Cc1ccc(C(C)C)cc1)c1cncs1. The Hall–Kier alpha value is -1.19. The van der Waals surface area contributed by atoms with E-state index in [-0.39, 0.29) is 0 Å². The molecule has 2 nitrogen and oxygen atoms in total. The first-order valence-corrected chi connectivity index (χ1v) is 8.29. The van der Waals surface area contributed by atoms with E-state index in [0.29, 0.717) is 12.0 Å². The average molecular weight is 288 g/mol. The molecule has 0 aliphatic rings. The van der Waals surface area contributed by atoms with Crippen LogP contribution in [0.15, 0.2) is 36.0 Å². The Balaban J connectivity index is 2.07. The molecule has 3 heteroatoms. The summed E-state index contributed by atoms with van der Waals surface area (Å²) in [6, 6.07) is 9.41. The normalized spacial score (nSPS) is 12.8. The highest BCUT2D eigenvalue weighted by Crippen LogP contribution is 2.23. The molecule has 1 atom stereocenters. The zero-order valence-corrected chi connectivity index (χ0v) is 13.4. The average Bonchev–Trinajstić information content (AvgIpc) is 2.98. The Bertz CT molecular complexity index is 488. The monoisotopic (exact) mass is 288 g/mol. The lowest BCUT2D eigenvalue weighted by Crippen LogP contribution is -2.23. The zero-order valence-electron chi connectivity index (χ0n) is 12.6. The van der Waals surface area contributed by atoms with Crippen molar-refractivity contribution in [1.82, 2.24) is 10.3 Å². The maximum Gasteiger partial charge on any atom is 0.0794 e. The van der Waals surface area contributed by atoms with E-state index in [9.17, 15) is 0 Å². The van der Waals surface area contributed by atoms with E-state index in [1.807, 2.05) is 11.7 Å². The molecule has 0 aliphatic heterocycles. The van der Waals surface area contributed by atoms with Gasteiger partial charge in [-0.1, -0.05) is 45.0 Å². The van der Waals surface area contributed by atoms with E-state index < -0.39 is 0 Å². The molecule has 2 rings (SSSR count). The van der Waals surface area contributed by atoms with Gasteiger partial charge in [0.25, 0.3) is 0 Å². The van der Waals surface area contributed by atoms with Gasteiger partial charge in [0.15, 0.2) is 0 Å². The molecule has 1 aromatic carbocycles. The molecule has 1 unspecified atom stereocenters. The number of thiazole rings is 1. The van der Waals surface area contributed by atoms with Gasteiger partial charge in [0.2, 0.25) is 0 Å². The topological polar surface area (TPSA) is 24.9 Å². The highest BCUT2D eigenvalue weighted by molar-refractivity contribution is 7.09. The molecular weight excluding hydrogens is 264 g/mol. The molecule has 0 radical (unpaired) electrons. The first-order chi connectivity index (χ1) is 9.70. The van der Waals surface area contributed by atoms with Gasteiger partial charge < -0.3 is 5.32 Å². The van der Waals surface area contributed by atoms with Crippen LogP contribution in [0.1, 0.15) is 55.2 Å². The molecule has 1 N–H and O–H groups in total. The number of nitrogens with zero attached hydrogens (tertiary/aromatic N) is 1. The van der Waals surface area contributed by atoms with Crippen molar-refractivity contribution in [3.05, 3.63) is 52.0 Å². The van der Waals surface area contributed by atoms with Crippen LogP contribution in [0.3, 0.4) is 0 Å². The molecule has 1 heterocycles. The van der Waals surface area contributed by atoms with Crippen LogP contribution >= 0.6 is 11.3 Å². The van der Waals surface area contributed by atoms with Crippen molar-refractivity contribution in [2.24, 2.45) is 0 Å². The van der Waals surface area contributed by atoms with Crippen molar-refractivity contribution in [2.45, 2.75) is 45.6 Å². The van der Waals surface area contributed by atoms with Crippen LogP contribution in [0.5, 0.6) is 0 Å². The number of hydrogen-bond acceptors (Lipinski definition) is 3. The third-order valence-electron chi connectivity index (χ3n) is 3.52. The molecule has 1 aromatic heterocycles. The van der Waals surface area contributed by atoms with E-state index in [1.165, 1.54) is 16.0 Å². The van der Waals surface area contributed by atoms with E-state index in [4.69, 9.17) is 0 Å². The van der Waals surface area contributed by atoms with Gasteiger partial charge in [0.05, 0.1) is 5.51 Å². The van der Waals surface area contributed by atoms with Gasteiger partial charge in [0, 0.05) is 17.1 Å². The first kappa shape index (κ1) is 15.2. The molecule has 0 fully saturated rings. The van der Waals surface area contributed by atoms with E-state index in [1.54, 1.807) is 11.3 Å². The zero-order chi connectivity index (χ0) is 14.4. The molecule has 108 valence electrons. The van der Waals surface area contributed by atoms with Crippen molar-refractivity contribution in [1.29, 1.82) is 0 Å². The molecule has 0 amide bonds. The Morgan fingerprint density at radius 1 is 1.20 bits per heavy atom. The molecule has 0 saturated carbocycles. The minimum atomic E-state index is 0.382. The molecule has 0 bridgehead atoms. The lowest BCUT2D eigenvalue weighted by molar-refractivity contribution is 0.536. The second kappa shape index (κ2) is 7.55. The highest BCUT2D eigenvalue weighted by Gasteiger charge is 2.13. The Morgan fingerprint density at radius 2 is 1.95 bits per heavy atom. The van der Waals surface area contributed by atoms with Crippen LogP contribution in [0.25, 0.3) is 0 Å². The van der Waals surface area contributed by atoms with Gasteiger partial charge in [-0.25, -0.2) is 0 Å². The molecule has 0 aliphatic carbocycles. The van der Waals surface area contributed by atoms with Crippen molar-refractivity contribution in [3.8, 4) is 0 Å². The minimum Gasteiger partial charge on any atom is -0.309 e. The summed E-state index contributed by atoms with van der Waals surface area (Å²) in [6.45, 7) is 7.72. The summed E-state index contributed by atoms with van der Waals surface area (Å²) in [4.78, 5) is 5.53. The fourth-order valence-electron chi connectivity index (χ4n) is 2.26. The van der Waals surface area contributed by atoms with Crippen LogP contribution in [0, 0.1) is 0 Å². The molecule has 0 saturated heterocycles. The Kier molecular flexibility index (Phi) is 5.74. The number of aromatic nitrogens is 1. The molecule has 20 heavy (non-hydrogen) atoms. The fraction of sp³-hybridized carbons (Fsp3) is 0.471.